The Morgan fingerprint density at radius 3 is 2.48 bits per heavy atom. The van der Waals surface area contributed by atoms with Gasteiger partial charge in [0.15, 0.2) is 16.6 Å². The molecule has 8 heteroatoms. The number of nitrogens with zero attached hydrogens (tertiary/aromatic N) is 4. The molecule has 1 N–H and O–H groups in total. The van der Waals surface area contributed by atoms with Crippen LogP contribution in [0.2, 0.25) is 0 Å². The molecular weight excluding hydrogens is 434 g/mol. The number of benzene rings is 2. The fourth-order valence-corrected chi connectivity index (χ4v) is 4.67. The summed E-state index contributed by atoms with van der Waals surface area (Å²) in [5.41, 5.74) is 5.55. The summed E-state index contributed by atoms with van der Waals surface area (Å²) in [6, 6.07) is 16.6. The van der Waals surface area contributed by atoms with E-state index in [0.717, 1.165) is 73.0 Å². The van der Waals surface area contributed by atoms with E-state index in [2.05, 4.69) is 58.4 Å². The Hall–Kier alpha value is -3.10. The van der Waals surface area contributed by atoms with Crippen molar-refractivity contribution in [1.29, 1.82) is 0 Å². The van der Waals surface area contributed by atoms with Gasteiger partial charge in [-0.15, -0.1) is 0 Å². The van der Waals surface area contributed by atoms with Crippen LogP contribution in [0, 0.1) is 13.8 Å². The van der Waals surface area contributed by atoms with Gasteiger partial charge in [-0.1, -0.05) is 36.4 Å². The van der Waals surface area contributed by atoms with Gasteiger partial charge in [0.2, 0.25) is 6.79 Å². The summed E-state index contributed by atoms with van der Waals surface area (Å²) in [5, 5.41) is 8.97. The smallest absolute Gasteiger partial charge is 0.231 e. The highest BCUT2D eigenvalue weighted by atomic mass is 32.1. The summed E-state index contributed by atoms with van der Waals surface area (Å²) in [4.78, 5) is 4.70. The van der Waals surface area contributed by atoms with Crippen molar-refractivity contribution in [1.82, 2.24) is 19.6 Å². The summed E-state index contributed by atoms with van der Waals surface area (Å²) >= 11 is 5.77. The lowest BCUT2D eigenvalue weighted by molar-refractivity contribution is 0.173. The first-order valence-corrected chi connectivity index (χ1v) is 11.7. The zero-order chi connectivity index (χ0) is 22.8. The number of nitrogens with one attached hydrogen (secondary N) is 1. The maximum atomic E-state index is 5.77. The van der Waals surface area contributed by atoms with E-state index < -0.39 is 0 Å². The molecule has 0 radical (unpaired) electrons. The zero-order valence-electron chi connectivity index (χ0n) is 19.1. The van der Waals surface area contributed by atoms with Gasteiger partial charge in [-0.25, -0.2) is 0 Å². The van der Waals surface area contributed by atoms with Crippen molar-refractivity contribution in [3.63, 3.8) is 0 Å². The predicted octanol–water partition coefficient (Wildman–Crippen LogP) is 3.79. The Bertz CT molecular complexity index is 1140. The lowest BCUT2D eigenvalue weighted by Crippen LogP contribution is -2.49. The Morgan fingerprint density at radius 2 is 1.70 bits per heavy atom. The zero-order valence-corrected chi connectivity index (χ0v) is 19.9. The topological polar surface area (TPSA) is 54.8 Å². The van der Waals surface area contributed by atoms with Gasteiger partial charge in [-0.2, -0.15) is 5.10 Å². The molecule has 0 saturated carbocycles. The number of thiocarbonyl (C=S) groups is 1. The second-order valence-electron chi connectivity index (χ2n) is 8.57. The van der Waals surface area contributed by atoms with Crippen LogP contribution >= 0.6 is 12.2 Å². The lowest BCUT2D eigenvalue weighted by Gasteiger charge is -2.36. The van der Waals surface area contributed by atoms with Gasteiger partial charge in [0, 0.05) is 32.7 Å². The summed E-state index contributed by atoms with van der Waals surface area (Å²) < 4.78 is 13.0. The number of aryl methyl sites for hydroxylation is 1. The molecule has 0 unspecified atom stereocenters. The SMILES string of the molecule is Cc1nn(Cc2ccccc2)c(C)c1NC(=S)N1CCN(Cc2ccc3c(c2)OCO3)CC1. The predicted molar refractivity (Wildman–Crippen MR) is 133 cm³/mol. The highest BCUT2D eigenvalue weighted by molar-refractivity contribution is 7.80. The van der Waals surface area contributed by atoms with Crippen LogP contribution in [-0.2, 0) is 13.1 Å². The first-order valence-electron chi connectivity index (χ1n) is 11.3. The number of fused-ring (bicyclic) bond motifs is 1. The van der Waals surface area contributed by atoms with Crippen molar-refractivity contribution >= 4 is 23.0 Å². The van der Waals surface area contributed by atoms with Crippen molar-refractivity contribution in [2.45, 2.75) is 26.9 Å². The Labute approximate surface area is 199 Å². The molecule has 0 atom stereocenters. The average Bonchev–Trinajstić information content (AvgIpc) is 3.40. The van der Waals surface area contributed by atoms with E-state index in [1.54, 1.807) is 0 Å². The average molecular weight is 464 g/mol. The van der Waals surface area contributed by atoms with Crippen LogP contribution in [0.15, 0.2) is 48.5 Å². The van der Waals surface area contributed by atoms with Gasteiger partial charge in [0.1, 0.15) is 0 Å². The van der Waals surface area contributed by atoms with Crippen LogP contribution in [0.5, 0.6) is 11.5 Å². The number of piperazine rings is 1. The van der Waals surface area contributed by atoms with Crippen molar-refractivity contribution in [3.8, 4) is 11.5 Å². The molecule has 2 aromatic carbocycles. The van der Waals surface area contributed by atoms with E-state index in [4.69, 9.17) is 26.8 Å². The number of anilines is 1. The van der Waals surface area contributed by atoms with Crippen LogP contribution < -0.4 is 14.8 Å². The lowest BCUT2D eigenvalue weighted by atomic mass is 10.1. The number of ether oxygens (including phenoxy) is 2. The second-order valence-corrected chi connectivity index (χ2v) is 8.96. The Morgan fingerprint density at radius 1 is 0.939 bits per heavy atom. The maximum absolute atomic E-state index is 5.77. The van der Waals surface area contributed by atoms with Crippen molar-refractivity contribution in [3.05, 3.63) is 71.0 Å². The quantitative estimate of drug-likeness (QED) is 0.578. The molecule has 3 aromatic rings. The van der Waals surface area contributed by atoms with Gasteiger partial charge in [-0.05, 0) is 49.3 Å². The first-order chi connectivity index (χ1) is 16.1. The van der Waals surface area contributed by atoms with E-state index in [1.165, 1.54) is 11.1 Å². The minimum absolute atomic E-state index is 0.312. The summed E-state index contributed by atoms with van der Waals surface area (Å²) in [6.07, 6.45) is 0. The number of rotatable bonds is 5. The highest BCUT2D eigenvalue weighted by Gasteiger charge is 2.22. The summed E-state index contributed by atoms with van der Waals surface area (Å²) in [7, 11) is 0. The van der Waals surface area contributed by atoms with Crippen LogP contribution in [0.25, 0.3) is 0 Å². The third kappa shape index (κ3) is 4.82. The Balaban J connectivity index is 1.16. The minimum atomic E-state index is 0.312. The van der Waals surface area contributed by atoms with Crippen LogP contribution in [0.3, 0.4) is 0 Å². The normalized spacial score (nSPS) is 15.6. The molecule has 1 fully saturated rings. The third-order valence-electron chi connectivity index (χ3n) is 6.29. The molecule has 33 heavy (non-hydrogen) atoms. The van der Waals surface area contributed by atoms with Crippen LogP contribution in [0.4, 0.5) is 5.69 Å². The van der Waals surface area contributed by atoms with E-state index in [1.807, 2.05) is 23.7 Å². The molecule has 3 heterocycles. The van der Waals surface area contributed by atoms with Gasteiger partial charge in [-0.3, -0.25) is 9.58 Å². The largest absolute Gasteiger partial charge is 0.454 e. The number of aromatic nitrogens is 2. The third-order valence-corrected chi connectivity index (χ3v) is 6.65. The van der Waals surface area contributed by atoms with Gasteiger partial charge < -0.3 is 19.7 Å². The van der Waals surface area contributed by atoms with Crippen molar-refractivity contribution in [2.24, 2.45) is 0 Å². The van der Waals surface area contributed by atoms with Crippen LogP contribution in [0.1, 0.15) is 22.5 Å². The highest BCUT2D eigenvalue weighted by Crippen LogP contribution is 2.33. The molecule has 172 valence electrons. The van der Waals surface area contributed by atoms with Crippen LogP contribution in [-0.4, -0.2) is 57.7 Å². The number of hydrogen-bond acceptors (Lipinski definition) is 5. The van der Waals surface area contributed by atoms with E-state index in [0.29, 0.717) is 6.79 Å². The second kappa shape index (κ2) is 9.41. The van der Waals surface area contributed by atoms with E-state index >= 15 is 0 Å². The van der Waals surface area contributed by atoms with E-state index in [-0.39, 0.29) is 0 Å². The summed E-state index contributed by atoms with van der Waals surface area (Å²) in [6.45, 7) is 9.80. The number of hydrogen-bond donors (Lipinski definition) is 1. The molecule has 0 spiro atoms. The molecule has 5 rings (SSSR count). The maximum Gasteiger partial charge on any atom is 0.231 e. The standard InChI is InChI=1S/C25H29N5O2S/c1-18-24(19(2)30(27-18)16-20-6-4-3-5-7-20)26-25(33)29-12-10-28(11-13-29)15-21-8-9-22-23(14-21)32-17-31-22/h3-9,14H,10-13,15-17H2,1-2H3,(H,26,33). The molecule has 1 aromatic heterocycles. The molecule has 0 amide bonds. The molecule has 0 aliphatic carbocycles. The molecule has 2 aliphatic rings. The molecule has 7 nitrogen and oxygen atoms in total. The first kappa shape index (κ1) is 21.7. The minimum Gasteiger partial charge on any atom is -0.454 e. The summed E-state index contributed by atoms with van der Waals surface area (Å²) in [5.74, 6) is 1.67. The molecular formula is C25H29N5O2S. The fourth-order valence-electron chi connectivity index (χ4n) is 4.38. The monoisotopic (exact) mass is 463 g/mol. The van der Waals surface area contributed by atoms with Gasteiger partial charge in [0.05, 0.1) is 23.6 Å². The van der Waals surface area contributed by atoms with Gasteiger partial charge in [0.25, 0.3) is 0 Å². The van der Waals surface area contributed by atoms with Crippen molar-refractivity contribution in [2.75, 3.05) is 38.3 Å². The van der Waals surface area contributed by atoms with E-state index in [9.17, 15) is 0 Å². The Kier molecular flexibility index (Phi) is 6.20. The fraction of sp³-hybridized carbons (Fsp3) is 0.360. The molecule has 0 bridgehead atoms. The molecule has 2 aliphatic heterocycles. The van der Waals surface area contributed by atoms with Gasteiger partial charge >= 0.3 is 0 Å². The van der Waals surface area contributed by atoms with Crippen molar-refractivity contribution < 1.29 is 9.47 Å². The molecule has 1 saturated heterocycles.